The normalized spacial score (nSPS) is 12.4. The molecule has 0 amide bonds. The minimum atomic E-state index is -0.559. The van der Waals surface area contributed by atoms with Crippen LogP contribution in [0.3, 0.4) is 0 Å². The molecule has 0 aliphatic rings. The maximum atomic E-state index is 12.1. The molecule has 1 atom stereocenters. The first-order chi connectivity index (χ1) is 9.52. The number of aromatic nitrogens is 3. The molecule has 6 nitrogen and oxygen atoms in total. The third-order valence-electron chi connectivity index (χ3n) is 3.17. The lowest BCUT2D eigenvalue weighted by molar-refractivity contribution is 0.0254. The highest BCUT2D eigenvalue weighted by Crippen LogP contribution is 2.18. The molecule has 0 radical (unpaired) electrons. The van der Waals surface area contributed by atoms with Crippen molar-refractivity contribution in [3.8, 4) is 0 Å². The first kappa shape index (κ1) is 14.3. The van der Waals surface area contributed by atoms with E-state index in [2.05, 4.69) is 10.1 Å². The number of esters is 1. The van der Waals surface area contributed by atoms with Crippen molar-refractivity contribution in [2.75, 3.05) is 0 Å². The number of hydrogen-bond acceptors (Lipinski definition) is 5. The molecule has 0 spiro atoms. The van der Waals surface area contributed by atoms with Gasteiger partial charge in [0.15, 0.2) is 11.9 Å². The molecule has 0 N–H and O–H groups in total. The molecule has 2 rings (SSSR count). The maximum Gasteiger partial charge on any atom is 0.355 e. The summed E-state index contributed by atoms with van der Waals surface area (Å²) in [5, 5.41) is 3.85. The Morgan fingerprint density at radius 3 is 2.85 bits per heavy atom. The number of aryl methyl sites for hydroxylation is 2. The maximum absolute atomic E-state index is 12.1. The summed E-state index contributed by atoms with van der Waals surface area (Å²) in [6.07, 6.45) is 1.13. The van der Waals surface area contributed by atoms with Gasteiger partial charge in [0.05, 0.1) is 0 Å². The average Bonchev–Trinajstić information content (AvgIpc) is 2.99. The highest BCUT2D eigenvalue weighted by molar-refractivity contribution is 5.88. The van der Waals surface area contributed by atoms with Gasteiger partial charge in [-0.05, 0) is 32.4 Å². The number of rotatable bonds is 5. The number of carbonyl (C=O) groups is 1. The first-order valence-corrected chi connectivity index (χ1v) is 6.68. The smallest absolute Gasteiger partial charge is 0.355 e. The van der Waals surface area contributed by atoms with E-state index in [1.165, 1.54) is 0 Å². The lowest BCUT2D eigenvalue weighted by Crippen LogP contribution is -2.13. The molecular weight excluding hydrogens is 258 g/mol. The van der Waals surface area contributed by atoms with Crippen LogP contribution in [0.1, 0.15) is 54.3 Å². The number of hydrogen-bond donors (Lipinski definition) is 0. The van der Waals surface area contributed by atoms with E-state index in [1.54, 1.807) is 17.6 Å². The van der Waals surface area contributed by atoms with Gasteiger partial charge < -0.3 is 13.8 Å². The van der Waals surface area contributed by atoms with E-state index in [0.717, 1.165) is 18.5 Å². The molecule has 0 aliphatic carbocycles. The highest BCUT2D eigenvalue weighted by atomic mass is 16.6. The molecule has 0 fully saturated rings. The van der Waals surface area contributed by atoms with Crippen molar-refractivity contribution >= 4 is 5.97 Å². The monoisotopic (exact) mass is 277 g/mol. The summed E-state index contributed by atoms with van der Waals surface area (Å²) in [4.78, 5) is 16.3. The molecule has 0 saturated heterocycles. The standard InChI is InChI=1S/C14H19N3O3/c1-5-6-12-15-13(20-16-12)10(3)19-14(18)11-8-7-9(2)17(11)4/h7-8,10H,5-6H2,1-4H3. The Hall–Kier alpha value is -2.11. The van der Waals surface area contributed by atoms with Gasteiger partial charge in [-0.15, -0.1) is 0 Å². The number of ether oxygens (including phenoxy) is 1. The molecule has 20 heavy (non-hydrogen) atoms. The average molecular weight is 277 g/mol. The zero-order valence-corrected chi connectivity index (χ0v) is 12.2. The zero-order valence-electron chi connectivity index (χ0n) is 12.2. The Kier molecular flexibility index (Phi) is 4.22. The summed E-state index contributed by atoms with van der Waals surface area (Å²) in [5.41, 5.74) is 1.50. The second-order valence-electron chi connectivity index (χ2n) is 4.77. The van der Waals surface area contributed by atoms with Crippen molar-refractivity contribution in [1.82, 2.24) is 14.7 Å². The van der Waals surface area contributed by atoms with Crippen LogP contribution >= 0.6 is 0 Å². The summed E-state index contributed by atoms with van der Waals surface area (Å²) in [6, 6.07) is 3.61. The molecule has 2 aromatic rings. The zero-order chi connectivity index (χ0) is 14.7. The third kappa shape index (κ3) is 2.89. The van der Waals surface area contributed by atoms with Gasteiger partial charge in [-0.25, -0.2) is 4.79 Å². The molecule has 0 bridgehead atoms. The second-order valence-corrected chi connectivity index (χ2v) is 4.77. The van der Waals surface area contributed by atoms with Gasteiger partial charge >= 0.3 is 5.97 Å². The van der Waals surface area contributed by atoms with E-state index >= 15 is 0 Å². The van der Waals surface area contributed by atoms with Crippen molar-refractivity contribution in [1.29, 1.82) is 0 Å². The van der Waals surface area contributed by atoms with Gasteiger partial charge in [0.1, 0.15) is 5.69 Å². The Balaban J connectivity index is 2.05. The Labute approximate surface area is 117 Å². The van der Waals surface area contributed by atoms with Crippen molar-refractivity contribution in [3.05, 3.63) is 35.2 Å². The molecule has 2 aromatic heterocycles. The Morgan fingerprint density at radius 1 is 1.50 bits per heavy atom. The van der Waals surface area contributed by atoms with E-state index < -0.39 is 12.1 Å². The fourth-order valence-electron chi connectivity index (χ4n) is 1.85. The number of nitrogens with zero attached hydrogens (tertiary/aromatic N) is 3. The minimum absolute atomic E-state index is 0.327. The lowest BCUT2D eigenvalue weighted by atomic mass is 10.3. The summed E-state index contributed by atoms with van der Waals surface area (Å²) < 4.78 is 12.2. The van der Waals surface area contributed by atoms with E-state index in [-0.39, 0.29) is 0 Å². The molecule has 0 aromatic carbocycles. The topological polar surface area (TPSA) is 70.2 Å². The van der Waals surface area contributed by atoms with Crippen LogP contribution in [0.2, 0.25) is 0 Å². The van der Waals surface area contributed by atoms with Gasteiger partial charge in [0.25, 0.3) is 5.89 Å². The highest BCUT2D eigenvalue weighted by Gasteiger charge is 2.21. The van der Waals surface area contributed by atoms with Crippen LogP contribution in [0.25, 0.3) is 0 Å². The summed E-state index contributed by atoms with van der Waals surface area (Å²) in [7, 11) is 1.82. The molecule has 6 heteroatoms. The van der Waals surface area contributed by atoms with Gasteiger partial charge in [-0.2, -0.15) is 4.98 Å². The molecule has 1 unspecified atom stereocenters. The fraction of sp³-hybridized carbons (Fsp3) is 0.500. The van der Waals surface area contributed by atoms with E-state index in [0.29, 0.717) is 17.4 Å². The molecular formula is C14H19N3O3. The SMILES string of the molecule is CCCc1noc(C(C)OC(=O)c2ccc(C)n2C)n1. The van der Waals surface area contributed by atoms with Crippen LogP contribution in [0.4, 0.5) is 0 Å². The van der Waals surface area contributed by atoms with Gasteiger partial charge in [0, 0.05) is 19.2 Å². The molecule has 2 heterocycles. The van der Waals surface area contributed by atoms with Crippen molar-refractivity contribution in [2.45, 2.75) is 39.7 Å². The van der Waals surface area contributed by atoms with E-state index in [9.17, 15) is 4.79 Å². The van der Waals surface area contributed by atoms with Crippen LogP contribution in [-0.2, 0) is 18.2 Å². The van der Waals surface area contributed by atoms with Gasteiger partial charge in [-0.1, -0.05) is 12.1 Å². The van der Waals surface area contributed by atoms with Crippen molar-refractivity contribution in [2.24, 2.45) is 7.05 Å². The second kappa shape index (κ2) is 5.90. The van der Waals surface area contributed by atoms with Crippen molar-refractivity contribution in [3.63, 3.8) is 0 Å². The lowest BCUT2D eigenvalue weighted by Gasteiger charge is -2.10. The van der Waals surface area contributed by atoms with Crippen LogP contribution in [0.5, 0.6) is 0 Å². The predicted molar refractivity (Wildman–Crippen MR) is 72.3 cm³/mol. The summed E-state index contributed by atoms with van der Waals surface area (Å²) >= 11 is 0. The van der Waals surface area contributed by atoms with E-state index in [1.807, 2.05) is 27.0 Å². The van der Waals surface area contributed by atoms with Crippen LogP contribution < -0.4 is 0 Å². The van der Waals surface area contributed by atoms with E-state index in [4.69, 9.17) is 9.26 Å². The van der Waals surface area contributed by atoms with Crippen LogP contribution in [-0.4, -0.2) is 20.7 Å². The van der Waals surface area contributed by atoms with Crippen LogP contribution in [0.15, 0.2) is 16.7 Å². The number of carbonyl (C=O) groups excluding carboxylic acids is 1. The fourth-order valence-corrected chi connectivity index (χ4v) is 1.85. The Bertz CT molecular complexity index is 601. The third-order valence-corrected chi connectivity index (χ3v) is 3.17. The quantitative estimate of drug-likeness (QED) is 0.786. The summed E-state index contributed by atoms with van der Waals surface area (Å²) in [5.74, 6) is 0.566. The summed E-state index contributed by atoms with van der Waals surface area (Å²) in [6.45, 7) is 5.68. The van der Waals surface area contributed by atoms with Crippen LogP contribution in [0, 0.1) is 6.92 Å². The minimum Gasteiger partial charge on any atom is -0.448 e. The molecule has 0 saturated carbocycles. The predicted octanol–water partition coefficient (Wildman–Crippen LogP) is 2.59. The van der Waals surface area contributed by atoms with Gasteiger partial charge in [0.2, 0.25) is 0 Å². The van der Waals surface area contributed by atoms with Crippen molar-refractivity contribution < 1.29 is 14.1 Å². The largest absolute Gasteiger partial charge is 0.448 e. The Morgan fingerprint density at radius 2 is 2.25 bits per heavy atom. The molecule has 108 valence electrons. The molecule has 0 aliphatic heterocycles. The van der Waals surface area contributed by atoms with Gasteiger partial charge in [-0.3, -0.25) is 0 Å². The first-order valence-electron chi connectivity index (χ1n) is 6.68.